The average Bonchev–Trinajstić information content (AvgIpc) is 2.61. The van der Waals surface area contributed by atoms with Crippen molar-refractivity contribution in [2.24, 2.45) is 0 Å². The molecule has 0 saturated carbocycles. The van der Waals surface area contributed by atoms with Crippen LogP contribution >= 0.6 is 23.2 Å². The van der Waals surface area contributed by atoms with Crippen molar-refractivity contribution in [1.29, 1.82) is 0 Å². The number of halogens is 2. The molecule has 0 aliphatic rings. The van der Waals surface area contributed by atoms with Crippen molar-refractivity contribution in [1.82, 2.24) is 5.32 Å². The van der Waals surface area contributed by atoms with Gasteiger partial charge in [0.1, 0.15) is 6.61 Å². The summed E-state index contributed by atoms with van der Waals surface area (Å²) in [5.41, 5.74) is 1.56. The summed E-state index contributed by atoms with van der Waals surface area (Å²) < 4.78 is 11.6. The van der Waals surface area contributed by atoms with Gasteiger partial charge in [0, 0.05) is 27.7 Å². The molecular weight excluding hydrogens is 373 g/mol. The van der Waals surface area contributed by atoms with Crippen LogP contribution in [0.1, 0.15) is 31.9 Å². The Morgan fingerprint density at radius 3 is 2.46 bits per heavy atom. The van der Waals surface area contributed by atoms with Crippen LogP contribution in [-0.4, -0.2) is 23.9 Å². The Morgan fingerprint density at radius 2 is 1.81 bits per heavy atom. The standard InChI is InChI=1S/C20H25Cl2NO3/c1-4-25-19-9-14(11-23-20(2,3)13-24)5-8-18(19)26-12-15-6-7-16(21)10-17(15)22/h5-10,23-24H,4,11-13H2,1-3H3. The van der Waals surface area contributed by atoms with Gasteiger partial charge in [-0.25, -0.2) is 0 Å². The Bertz CT molecular complexity index is 735. The van der Waals surface area contributed by atoms with E-state index in [0.29, 0.717) is 41.3 Å². The third-order valence-corrected chi connectivity index (χ3v) is 4.46. The summed E-state index contributed by atoms with van der Waals surface area (Å²) in [5, 5.41) is 13.8. The molecule has 0 bridgehead atoms. The molecule has 0 saturated heterocycles. The highest BCUT2D eigenvalue weighted by atomic mass is 35.5. The van der Waals surface area contributed by atoms with Gasteiger partial charge in [0.15, 0.2) is 11.5 Å². The monoisotopic (exact) mass is 397 g/mol. The van der Waals surface area contributed by atoms with Crippen LogP contribution in [0.5, 0.6) is 11.5 Å². The smallest absolute Gasteiger partial charge is 0.161 e. The number of hydrogen-bond donors (Lipinski definition) is 2. The van der Waals surface area contributed by atoms with Crippen LogP contribution in [-0.2, 0) is 13.2 Å². The lowest BCUT2D eigenvalue weighted by Gasteiger charge is -2.24. The largest absolute Gasteiger partial charge is 0.490 e. The van der Waals surface area contributed by atoms with Gasteiger partial charge in [0.05, 0.1) is 13.2 Å². The fourth-order valence-electron chi connectivity index (χ4n) is 2.24. The van der Waals surface area contributed by atoms with Crippen LogP contribution in [0.25, 0.3) is 0 Å². The zero-order valence-electron chi connectivity index (χ0n) is 15.3. The Labute approximate surface area is 165 Å². The molecule has 0 atom stereocenters. The maximum atomic E-state index is 9.35. The third-order valence-electron chi connectivity index (χ3n) is 3.87. The third kappa shape index (κ3) is 6.06. The lowest BCUT2D eigenvalue weighted by atomic mass is 10.1. The quantitative estimate of drug-likeness (QED) is 0.635. The summed E-state index contributed by atoms with van der Waals surface area (Å²) in [4.78, 5) is 0. The summed E-state index contributed by atoms with van der Waals surface area (Å²) >= 11 is 12.1. The number of benzene rings is 2. The first-order valence-corrected chi connectivity index (χ1v) is 9.28. The minimum atomic E-state index is -0.341. The minimum absolute atomic E-state index is 0.0639. The Morgan fingerprint density at radius 1 is 1.04 bits per heavy atom. The van der Waals surface area contributed by atoms with Crippen molar-refractivity contribution in [3.63, 3.8) is 0 Å². The molecule has 4 nitrogen and oxygen atoms in total. The molecule has 2 aromatic rings. The maximum Gasteiger partial charge on any atom is 0.161 e. The van der Waals surface area contributed by atoms with Crippen molar-refractivity contribution in [2.75, 3.05) is 13.2 Å². The molecular formula is C20H25Cl2NO3. The van der Waals surface area contributed by atoms with Gasteiger partial charge in [-0.3, -0.25) is 0 Å². The highest BCUT2D eigenvalue weighted by Gasteiger charge is 2.15. The average molecular weight is 398 g/mol. The van der Waals surface area contributed by atoms with E-state index in [1.54, 1.807) is 12.1 Å². The van der Waals surface area contributed by atoms with Gasteiger partial charge < -0.3 is 19.9 Å². The molecule has 26 heavy (non-hydrogen) atoms. The van der Waals surface area contributed by atoms with E-state index >= 15 is 0 Å². The number of aliphatic hydroxyl groups excluding tert-OH is 1. The molecule has 0 heterocycles. The van der Waals surface area contributed by atoms with Crippen molar-refractivity contribution in [2.45, 2.75) is 39.5 Å². The van der Waals surface area contributed by atoms with Crippen LogP contribution in [0, 0.1) is 0 Å². The van der Waals surface area contributed by atoms with Gasteiger partial charge >= 0.3 is 0 Å². The molecule has 2 aromatic carbocycles. The van der Waals surface area contributed by atoms with Gasteiger partial charge in [0.2, 0.25) is 0 Å². The van der Waals surface area contributed by atoms with E-state index in [2.05, 4.69) is 5.32 Å². The van der Waals surface area contributed by atoms with Crippen LogP contribution < -0.4 is 14.8 Å². The predicted octanol–water partition coefficient (Wildman–Crippen LogP) is 4.83. The van der Waals surface area contributed by atoms with Gasteiger partial charge in [0.25, 0.3) is 0 Å². The summed E-state index contributed by atoms with van der Waals surface area (Å²) in [5.74, 6) is 1.33. The Balaban J connectivity index is 2.10. The Kier molecular flexibility index (Phi) is 7.59. The molecule has 0 aliphatic heterocycles. The lowest BCUT2D eigenvalue weighted by Crippen LogP contribution is -2.42. The number of aliphatic hydroxyl groups is 1. The summed E-state index contributed by atoms with van der Waals surface area (Å²) in [6.45, 7) is 7.38. The minimum Gasteiger partial charge on any atom is -0.490 e. The number of hydrogen-bond acceptors (Lipinski definition) is 4. The fourth-order valence-corrected chi connectivity index (χ4v) is 2.70. The van der Waals surface area contributed by atoms with Crippen LogP contribution in [0.2, 0.25) is 10.0 Å². The van der Waals surface area contributed by atoms with E-state index in [-0.39, 0.29) is 12.1 Å². The lowest BCUT2D eigenvalue weighted by molar-refractivity contribution is 0.187. The molecule has 6 heteroatoms. The molecule has 2 rings (SSSR count). The SMILES string of the molecule is CCOc1cc(CNC(C)(C)CO)ccc1OCc1ccc(Cl)cc1Cl. The molecule has 0 aromatic heterocycles. The molecule has 0 aliphatic carbocycles. The number of ether oxygens (including phenoxy) is 2. The number of rotatable bonds is 9. The topological polar surface area (TPSA) is 50.7 Å². The van der Waals surface area contributed by atoms with Gasteiger partial charge in [-0.1, -0.05) is 35.3 Å². The van der Waals surface area contributed by atoms with E-state index in [9.17, 15) is 5.11 Å². The van der Waals surface area contributed by atoms with Crippen LogP contribution in [0.4, 0.5) is 0 Å². The van der Waals surface area contributed by atoms with Crippen LogP contribution in [0.3, 0.4) is 0 Å². The van der Waals surface area contributed by atoms with E-state index in [4.69, 9.17) is 32.7 Å². The zero-order valence-corrected chi connectivity index (χ0v) is 16.8. The second-order valence-electron chi connectivity index (χ2n) is 6.63. The highest BCUT2D eigenvalue weighted by molar-refractivity contribution is 6.35. The molecule has 2 N–H and O–H groups in total. The predicted molar refractivity (Wildman–Crippen MR) is 106 cm³/mol. The van der Waals surface area contributed by atoms with E-state index in [1.165, 1.54) is 0 Å². The van der Waals surface area contributed by atoms with Crippen molar-refractivity contribution >= 4 is 23.2 Å². The first kappa shape index (κ1) is 20.8. The molecule has 0 fully saturated rings. The second kappa shape index (κ2) is 9.47. The van der Waals surface area contributed by atoms with E-state index < -0.39 is 0 Å². The summed E-state index contributed by atoms with van der Waals surface area (Å²) in [7, 11) is 0. The first-order chi connectivity index (χ1) is 12.3. The number of nitrogens with one attached hydrogen (secondary N) is 1. The van der Waals surface area contributed by atoms with Crippen molar-refractivity contribution < 1.29 is 14.6 Å². The van der Waals surface area contributed by atoms with Crippen molar-refractivity contribution in [3.8, 4) is 11.5 Å². The van der Waals surface area contributed by atoms with Gasteiger partial charge in [-0.15, -0.1) is 0 Å². The molecule has 0 amide bonds. The molecule has 142 valence electrons. The zero-order chi connectivity index (χ0) is 19.2. The molecule has 0 spiro atoms. The maximum absolute atomic E-state index is 9.35. The summed E-state index contributed by atoms with van der Waals surface area (Å²) in [6, 6.07) is 11.1. The second-order valence-corrected chi connectivity index (χ2v) is 7.48. The summed E-state index contributed by atoms with van der Waals surface area (Å²) in [6.07, 6.45) is 0. The normalized spacial score (nSPS) is 11.5. The van der Waals surface area contributed by atoms with Crippen LogP contribution in [0.15, 0.2) is 36.4 Å². The van der Waals surface area contributed by atoms with Gasteiger partial charge in [-0.2, -0.15) is 0 Å². The highest BCUT2D eigenvalue weighted by Crippen LogP contribution is 2.30. The van der Waals surface area contributed by atoms with Crippen molar-refractivity contribution in [3.05, 3.63) is 57.6 Å². The molecule has 0 unspecified atom stereocenters. The van der Waals surface area contributed by atoms with Gasteiger partial charge in [-0.05, 0) is 50.6 Å². The fraction of sp³-hybridized carbons (Fsp3) is 0.400. The first-order valence-electron chi connectivity index (χ1n) is 8.53. The molecule has 0 radical (unpaired) electrons. The Hall–Kier alpha value is -1.46. The van der Waals surface area contributed by atoms with E-state index in [1.807, 2.05) is 45.0 Å². The van der Waals surface area contributed by atoms with E-state index in [0.717, 1.165) is 11.1 Å².